The van der Waals surface area contributed by atoms with Crippen LogP contribution in [0.15, 0.2) is 28.7 Å². The molecule has 1 aromatic heterocycles. The molecule has 0 aliphatic heterocycles. The van der Waals surface area contributed by atoms with Crippen molar-refractivity contribution >= 4 is 37.4 Å². The summed E-state index contributed by atoms with van der Waals surface area (Å²) in [7, 11) is 0. The first kappa shape index (κ1) is 8.27. The molecular formula is C10H9BrS. The maximum atomic E-state index is 3.62. The maximum Gasteiger partial charge on any atom is 0.0393 e. The summed E-state index contributed by atoms with van der Waals surface area (Å²) < 4.78 is 2.66. The molecule has 2 rings (SSSR count). The molecule has 0 spiro atoms. The van der Waals surface area contributed by atoms with Crippen molar-refractivity contribution < 1.29 is 0 Å². The highest BCUT2D eigenvalue weighted by molar-refractivity contribution is 9.10. The van der Waals surface area contributed by atoms with Crippen LogP contribution in [-0.2, 0) is 6.42 Å². The Labute approximate surface area is 84.4 Å². The lowest BCUT2D eigenvalue weighted by Gasteiger charge is -1.89. The van der Waals surface area contributed by atoms with Gasteiger partial charge >= 0.3 is 0 Å². The molecule has 0 amide bonds. The zero-order valence-electron chi connectivity index (χ0n) is 6.80. The van der Waals surface area contributed by atoms with E-state index in [1.54, 1.807) is 0 Å². The monoisotopic (exact) mass is 240 g/mol. The molecule has 0 N–H and O–H groups in total. The van der Waals surface area contributed by atoms with Crippen LogP contribution >= 0.6 is 27.3 Å². The molecule has 62 valence electrons. The highest BCUT2D eigenvalue weighted by atomic mass is 79.9. The van der Waals surface area contributed by atoms with Crippen molar-refractivity contribution in [3.8, 4) is 0 Å². The molecule has 0 aliphatic rings. The fourth-order valence-corrected chi connectivity index (χ4v) is 3.33. The minimum Gasteiger partial charge on any atom is -0.139 e. The van der Waals surface area contributed by atoms with Gasteiger partial charge in [0.2, 0.25) is 0 Å². The van der Waals surface area contributed by atoms with Gasteiger partial charge < -0.3 is 0 Å². The molecule has 0 unspecified atom stereocenters. The van der Waals surface area contributed by atoms with Gasteiger partial charge in [-0.25, -0.2) is 0 Å². The lowest BCUT2D eigenvalue weighted by atomic mass is 10.2. The van der Waals surface area contributed by atoms with Crippen molar-refractivity contribution in [2.45, 2.75) is 13.3 Å². The van der Waals surface area contributed by atoms with Crippen molar-refractivity contribution in [2.75, 3.05) is 0 Å². The van der Waals surface area contributed by atoms with Gasteiger partial charge in [0, 0.05) is 19.4 Å². The van der Waals surface area contributed by atoms with Crippen LogP contribution in [0.25, 0.3) is 10.1 Å². The van der Waals surface area contributed by atoms with E-state index >= 15 is 0 Å². The summed E-state index contributed by atoms with van der Waals surface area (Å²) in [6.07, 6.45) is 1.11. The van der Waals surface area contributed by atoms with Gasteiger partial charge in [-0.3, -0.25) is 0 Å². The Morgan fingerprint density at radius 1 is 1.33 bits per heavy atom. The average Bonchev–Trinajstić information content (AvgIpc) is 2.44. The Kier molecular flexibility index (Phi) is 2.20. The Morgan fingerprint density at radius 3 is 2.75 bits per heavy atom. The van der Waals surface area contributed by atoms with Crippen LogP contribution in [0, 0.1) is 0 Å². The van der Waals surface area contributed by atoms with Crippen LogP contribution in [0.4, 0.5) is 0 Å². The fourth-order valence-electron chi connectivity index (χ4n) is 1.29. The zero-order valence-corrected chi connectivity index (χ0v) is 9.21. The van der Waals surface area contributed by atoms with E-state index in [2.05, 4.69) is 47.1 Å². The molecule has 2 heteroatoms. The molecule has 0 radical (unpaired) electrons. The summed E-state index contributed by atoms with van der Waals surface area (Å²) in [5.41, 5.74) is 0. The first-order valence-electron chi connectivity index (χ1n) is 3.99. The van der Waals surface area contributed by atoms with Crippen molar-refractivity contribution in [1.82, 2.24) is 0 Å². The van der Waals surface area contributed by atoms with Gasteiger partial charge in [0.05, 0.1) is 0 Å². The normalized spacial score (nSPS) is 10.8. The predicted octanol–water partition coefficient (Wildman–Crippen LogP) is 4.23. The highest BCUT2D eigenvalue weighted by Gasteiger charge is 2.06. The summed E-state index contributed by atoms with van der Waals surface area (Å²) in [6, 6.07) is 8.50. The zero-order chi connectivity index (χ0) is 8.55. The Bertz CT molecular complexity index is 403. The lowest BCUT2D eigenvalue weighted by molar-refractivity contribution is 1.18. The van der Waals surface area contributed by atoms with Gasteiger partial charge in [0.25, 0.3) is 0 Å². The summed E-state index contributed by atoms with van der Waals surface area (Å²) >= 11 is 5.50. The van der Waals surface area contributed by atoms with Crippen LogP contribution in [0.1, 0.15) is 11.8 Å². The summed E-state index contributed by atoms with van der Waals surface area (Å²) in [5.74, 6) is 0. The molecule has 2 aromatic rings. The number of halogens is 1. The van der Waals surface area contributed by atoms with Crippen molar-refractivity contribution in [3.05, 3.63) is 33.6 Å². The number of hydrogen-bond acceptors (Lipinski definition) is 1. The average molecular weight is 241 g/mol. The van der Waals surface area contributed by atoms with E-state index in [1.807, 2.05) is 11.3 Å². The second kappa shape index (κ2) is 3.19. The van der Waals surface area contributed by atoms with Crippen molar-refractivity contribution in [3.63, 3.8) is 0 Å². The molecule has 1 heterocycles. The van der Waals surface area contributed by atoms with Crippen molar-refractivity contribution in [1.29, 1.82) is 0 Å². The van der Waals surface area contributed by atoms with Crippen LogP contribution in [0.5, 0.6) is 0 Å². The van der Waals surface area contributed by atoms with Gasteiger partial charge in [0.1, 0.15) is 0 Å². The van der Waals surface area contributed by atoms with E-state index in [0.717, 1.165) is 6.42 Å². The molecule has 0 saturated carbocycles. The third-order valence-corrected chi connectivity index (χ3v) is 4.41. The lowest BCUT2D eigenvalue weighted by Crippen LogP contribution is -1.70. The fraction of sp³-hybridized carbons (Fsp3) is 0.200. The standard InChI is InChI=1S/C10H9BrS/c1-2-8-10(11)7-5-3-4-6-9(7)12-8/h3-6H,2H2,1H3. The summed E-state index contributed by atoms with van der Waals surface area (Å²) in [6.45, 7) is 2.19. The molecule has 12 heavy (non-hydrogen) atoms. The van der Waals surface area contributed by atoms with Crippen molar-refractivity contribution in [2.24, 2.45) is 0 Å². The molecule has 1 aromatic carbocycles. The molecule has 0 atom stereocenters. The first-order valence-corrected chi connectivity index (χ1v) is 5.59. The van der Waals surface area contributed by atoms with E-state index in [-0.39, 0.29) is 0 Å². The number of aryl methyl sites for hydroxylation is 1. The molecule has 0 nitrogen and oxygen atoms in total. The molecule has 0 saturated heterocycles. The van der Waals surface area contributed by atoms with E-state index in [9.17, 15) is 0 Å². The minimum atomic E-state index is 1.11. The number of thiophene rings is 1. The van der Waals surface area contributed by atoms with E-state index in [1.165, 1.54) is 19.4 Å². The maximum absolute atomic E-state index is 3.62. The largest absolute Gasteiger partial charge is 0.139 e. The SMILES string of the molecule is CCc1sc2ccccc2c1Br. The molecule has 0 bridgehead atoms. The van der Waals surface area contributed by atoms with E-state index in [0.29, 0.717) is 0 Å². The van der Waals surface area contributed by atoms with Gasteiger partial charge in [-0.2, -0.15) is 0 Å². The highest BCUT2D eigenvalue weighted by Crippen LogP contribution is 2.35. The minimum absolute atomic E-state index is 1.11. The van der Waals surface area contributed by atoms with Crippen LogP contribution in [-0.4, -0.2) is 0 Å². The smallest absolute Gasteiger partial charge is 0.0393 e. The van der Waals surface area contributed by atoms with Gasteiger partial charge in [-0.15, -0.1) is 11.3 Å². The first-order chi connectivity index (χ1) is 5.83. The van der Waals surface area contributed by atoms with Gasteiger partial charge in [0.15, 0.2) is 0 Å². The molecule has 0 fully saturated rings. The molecule has 0 aliphatic carbocycles. The number of rotatable bonds is 1. The third-order valence-electron chi connectivity index (χ3n) is 1.92. The Morgan fingerprint density at radius 2 is 2.08 bits per heavy atom. The van der Waals surface area contributed by atoms with E-state index < -0.39 is 0 Å². The van der Waals surface area contributed by atoms with E-state index in [4.69, 9.17) is 0 Å². The number of fused-ring (bicyclic) bond motifs is 1. The second-order valence-corrected chi connectivity index (χ2v) is 4.62. The van der Waals surface area contributed by atoms with Crippen LogP contribution in [0.2, 0.25) is 0 Å². The third kappa shape index (κ3) is 1.19. The second-order valence-electron chi connectivity index (χ2n) is 2.69. The summed E-state index contributed by atoms with van der Waals surface area (Å²) in [5, 5.41) is 1.35. The van der Waals surface area contributed by atoms with Crippen LogP contribution < -0.4 is 0 Å². The summed E-state index contributed by atoms with van der Waals surface area (Å²) in [4.78, 5) is 1.44. The number of hydrogen-bond donors (Lipinski definition) is 0. The topological polar surface area (TPSA) is 0 Å². The number of benzene rings is 1. The van der Waals surface area contributed by atoms with Gasteiger partial charge in [-0.1, -0.05) is 25.1 Å². The Balaban J connectivity index is 2.78. The molecular weight excluding hydrogens is 232 g/mol. The Hall–Kier alpha value is -0.340. The van der Waals surface area contributed by atoms with Gasteiger partial charge in [-0.05, 0) is 28.4 Å². The van der Waals surface area contributed by atoms with Crippen LogP contribution in [0.3, 0.4) is 0 Å². The quantitative estimate of drug-likeness (QED) is 0.701. The predicted molar refractivity (Wildman–Crippen MR) is 58.9 cm³/mol.